The molecule has 2 aromatic rings. The third kappa shape index (κ3) is 2.97. The molecule has 5 nitrogen and oxygen atoms in total. The minimum Gasteiger partial charge on any atom is -0.478 e. The molecule has 20 heavy (non-hydrogen) atoms. The van der Waals surface area contributed by atoms with E-state index in [-0.39, 0.29) is 5.56 Å². The lowest BCUT2D eigenvalue weighted by molar-refractivity contribution is 0.0696. The third-order valence-electron chi connectivity index (χ3n) is 2.68. The Hall–Kier alpha value is -2.34. The minimum atomic E-state index is -1.00. The number of nitrogens with one attached hydrogen (secondary N) is 1. The summed E-state index contributed by atoms with van der Waals surface area (Å²) < 4.78 is 0.580. The maximum atomic E-state index is 11.3. The number of nitrogens with two attached hydrogens (primary N) is 1. The molecule has 1 amide bonds. The van der Waals surface area contributed by atoms with Gasteiger partial charge in [0.05, 0.1) is 22.5 Å². The van der Waals surface area contributed by atoms with Crippen LogP contribution in [0.15, 0.2) is 46.9 Å². The Morgan fingerprint density at radius 1 is 1.10 bits per heavy atom. The van der Waals surface area contributed by atoms with E-state index >= 15 is 0 Å². The van der Waals surface area contributed by atoms with Gasteiger partial charge in [-0.2, -0.15) is 0 Å². The fraction of sp³-hybridized carbons (Fsp3) is 0. The van der Waals surface area contributed by atoms with Crippen LogP contribution in [0.25, 0.3) is 0 Å². The van der Waals surface area contributed by atoms with Gasteiger partial charge in [-0.3, -0.25) is 4.79 Å². The van der Waals surface area contributed by atoms with E-state index in [9.17, 15) is 9.59 Å². The number of carboxylic acids is 1. The zero-order valence-electron chi connectivity index (χ0n) is 10.3. The summed E-state index contributed by atoms with van der Waals surface area (Å²) in [5.74, 6) is -1.54. The van der Waals surface area contributed by atoms with E-state index < -0.39 is 11.9 Å². The zero-order chi connectivity index (χ0) is 14.7. The molecule has 0 aromatic heterocycles. The fourth-order valence-electron chi connectivity index (χ4n) is 1.70. The number of halogens is 1. The summed E-state index contributed by atoms with van der Waals surface area (Å²) in [5.41, 5.74) is 7.04. The number of anilines is 2. The van der Waals surface area contributed by atoms with Crippen molar-refractivity contribution in [1.82, 2.24) is 0 Å². The Kier molecular flexibility index (Phi) is 4.05. The number of amides is 1. The predicted octanol–water partition coefficient (Wildman–Crippen LogP) is 2.99. The summed E-state index contributed by atoms with van der Waals surface area (Å²) >= 11 is 3.29. The van der Waals surface area contributed by atoms with Gasteiger partial charge in [0.1, 0.15) is 0 Å². The van der Waals surface area contributed by atoms with Gasteiger partial charge < -0.3 is 16.2 Å². The van der Waals surface area contributed by atoms with Crippen molar-refractivity contribution in [3.63, 3.8) is 0 Å². The number of carbonyl (C=O) groups excluding carboxylic acids is 1. The van der Waals surface area contributed by atoms with Gasteiger partial charge in [-0.25, -0.2) is 4.79 Å². The van der Waals surface area contributed by atoms with Crippen LogP contribution in [-0.2, 0) is 0 Å². The van der Waals surface area contributed by atoms with Crippen LogP contribution in [-0.4, -0.2) is 17.0 Å². The molecule has 0 unspecified atom stereocenters. The van der Waals surface area contributed by atoms with Crippen molar-refractivity contribution in [1.29, 1.82) is 0 Å². The van der Waals surface area contributed by atoms with Crippen molar-refractivity contribution in [2.45, 2.75) is 0 Å². The summed E-state index contributed by atoms with van der Waals surface area (Å²) in [6, 6.07) is 11.4. The van der Waals surface area contributed by atoms with E-state index in [4.69, 9.17) is 10.8 Å². The van der Waals surface area contributed by atoms with E-state index in [0.29, 0.717) is 21.4 Å². The summed E-state index contributed by atoms with van der Waals surface area (Å²) in [6.07, 6.45) is 0. The van der Waals surface area contributed by atoms with E-state index in [1.807, 2.05) is 0 Å². The normalized spacial score (nSPS) is 10.1. The fourth-order valence-corrected chi connectivity index (χ4v) is 2.18. The van der Waals surface area contributed by atoms with Crippen LogP contribution in [0.5, 0.6) is 0 Å². The summed E-state index contributed by atoms with van der Waals surface area (Å²) in [5, 5.41) is 12.0. The molecule has 0 bridgehead atoms. The topological polar surface area (TPSA) is 92.4 Å². The largest absolute Gasteiger partial charge is 0.478 e. The minimum absolute atomic E-state index is 0.172. The molecule has 0 atom stereocenters. The van der Waals surface area contributed by atoms with Crippen LogP contribution in [0.4, 0.5) is 11.4 Å². The molecule has 0 aliphatic carbocycles. The number of benzene rings is 2. The molecule has 0 fully saturated rings. The molecule has 0 saturated carbocycles. The van der Waals surface area contributed by atoms with Gasteiger partial charge in [0.2, 0.25) is 0 Å². The predicted molar refractivity (Wildman–Crippen MR) is 79.3 cm³/mol. The van der Waals surface area contributed by atoms with Gasteiger partial charge in [0.25, 0.3) is 5.91 Å². The number of para-hydroxylation sites is 1. The maximum Gasteiger partial charge on any atom is 0.335 e. The maximum absolute atomic E-state index is 11.3. The lowest BCUT2D eigenvalue weighted by Crippen LogP contribution is -2.13. The molecule has 2 rings (SSSR count). The number of aromatic carboxylic acids is 1. The highest BCUT2D eigenvalue weighted by Gasteiger charge is 2.10. The number of hydrogen-bond donors (Lipinski definition) is 3. The molecule has 0 heterocycles. The van der Waals surface area contributed by atoms with Crippen molar-refractivity contribution in [3.8, 4) is 0 Å². The molecule has 102 valence electrons. The zero-order valence-corrected chi connectivity index (χ0v) is 11.8. The summed E-state index contributed by atoms with van der Waals surface area (Å²) in [4.78, 5) is 22.2. The van der Waals surface area contributed by atoms with Crippen molar-refractivity contribution in [2.75, 3.05) is 5.32 Å². The van der Waals surface area contributed by atoms with Gasteiger partial charge in [-0.15, -0.1) is 0 Å². The molecule has 6 heteroatoms. The van der Waals surface area contributed by atoms with Gasteiger partial charge in [-0.05, 0) is 46.3 Å². The third-order valence-corrected chi connectivity index (χ3v) is 3.33. The first kappa shape index (κ1) is 14.1. The first-order valence-electron chi connectivity index (χ1n) is 5.67. The average molecular weight is 335 g/mol. The Bertz CT molecular complexity index is 686. The van der Waals surface area contributed by atoms with Gasteiger partial charge in [-0.1, -0.05) is 12.1 Å². The van der Waals surface area contributed by atoms with E-state index in [1.54, 1.807) is 30.3 Å². The first-order chi connectivity index (χ1) is 9.49. The summed E-state index contributed by atoms with van der Waals surface area (Å²) in [7, 11) is 0. The smallest absolute Gasteiger partial charge is 0.335 e. The van der Waals surface area contributed by atoms with Gasteiger partial charge >= 0.3 is 5.97 Å². The van der Waals surface area contributed by atoms with E-state index in [2.05, 4.69) is 21.2 Å². The second kappa shape index (κ2) is 5.75. The van der Waals surface area contributed by atoms with Crippen LogP contribution in [0.2, 0.25) is 0 Å². The number of primary amides is 1. The summed E-state index contributed by atoms with van der Waals surface area (Å²) in [6.45, 7) is 0. The number of carboxylic acid groups (broad SMARTS) is 1. The number of carbonyl (C=O) groups is 2. The van der Waals surface area contributed by atoms with Crippen LogP contribution in [0.1, 0.15) is 20.7 Å². The Morgan fingerprint density at radius 2 is 1.80 bits per heavy atom. The lowest BCUT2D eigenvalue weighted by atomic mass is 10.1. The van der Waals surface area contributed by atoms with Crippen LogP contribution < -0.4 is 11.1 Å². The highest BCUT2D eigenvalue weighted by atomic mass is 79.9. The molecule has 0 radical (unpaired) electrons. The van der Waals surface area contributed by atoms with Crippen molar-refractivity contribution >= 4 is 39.2 Å². The quantitative estimate of drug-likeness (QED) is 0.801. The van der Waals surface area contributed by atoms with Crippen LogP contribution in [0.3, 0.4) is 0 Å². The van der Waals surface area contributed by atoms with Crippen molar-refractivity contribution in [3.05, 3.63) is 58.1 Å². The SMILES string of the molecule is NC(=O)c1ccccc1Nc1ccc(C(=O)O)cc1Br. The highest BCUT2D eigenvalue weighted by molar-refractivity contribution is 9.10. The van der Waals surface area contributed by atoms with E-state index in [0.717, 1.165) is 0 Å². The standard InChI is InChI=1S/C14H11BrN2O3/c15-10-7-8(14(19)20)5-6-12(10)17-11-4-2-1-3-9(11)13(16)18/h1-7,17H,(H2,16,18)(H,19,20). The Balaban J connectivity index is 2.36. The van der Waals surface area contributed by atoms with Crippen molar-refractivity contribution in [2.24, 2.45) is 5.73 Å². The second-order valence-electron chi connectivity index (χ2n) is 4.03. The molecule has 0 aliphatic rings. The molecular formula is C14H11BrN2O3. The Morgan fingerprint density at radius 3 is 2.40 bits per heavy atom. The Labute approximate surface area is 123 Å². The molecule has 4 N–H and O–H groups in total. The van der Waals surface area contributed by atoms with Gasteiger partial charge in [0, 0.05) is 4.47 Å². The lowest BCUT2D eigenvalue weighted by Gasteiger charge is -2.12. The molecular weight excluding hydrogens is 324 g/mol. The van der Waals surface area contributed by atoms with E-state index in [1.165, 1.54) is 12.1 Å². The molecule has 0 aliphatic heterocycles. The van der Waals surface area contributed by atoms with Crippen LogP contribution >= 0.6 is 15.9 Å². The first-order valence-corrected chi connectivity index (χ1v) is 6.47. The molecule has 0 spiro atoms. The average Bonchev–Trinajstić information content (AvgIpc) is 2.41. The second-order valence-corrected chi connectivity index (χ2v) is 4.89. The monoisotopic (exact) mass is 334 g/mol. The highest BCUT2D eigenvalue weighted by Crippen LogP contribution is 2.28. The number of rotatable bonds is 4. The molecule has 2 aromatic carbocycles. The van der Waals surface area contributed by atoms with Gasteiger partial charge in [0.15, 0.2) is 0 Å². The van der Waals surface area contributed by atoms with Crippen LogP contribution in [0, 0.1) is 0 Å². The van der Waals surface area contributed by atoms with Crippen molar-refractivity contribution < 1.29 is 14.7 Å². The number of hydrogen-bond acceptors (Lipinski definition) is 3. The molecule has 0 saturated heterocycles.